The summed E-state index contributed by atoms with van der Waals surface area (Å²) in [5.41, 5.74) is -0.934. The van der Waals surface area contributed by atoms with Gasteiger partial charge in [0.1, 0.15) is 6.61 Å². The van der Waals surface area contributed by atoms with Gasteiger partial charge in [-0.2, -0.15) is 0 Å². The molecular formula is C5H10NO5P. The smallest absolute Gasteiger partial charge is 0.435 e. The summed E-state index contributed by atoms with van der Waals surface area (Å²) in [7, 11) is -4.53. The van der Waals surface area contributed by atoms with Gasteiger partial charge in [-0.25, -0.2) is 14.0 Å². The van der Waals surface area contributed by atoms with Crippen molar-refractivity contribution in [2.24, 2.45) is 0 Å². The number of cyclic esters (lactones) is 1. The van der Waals surface area contributed by atoms with Gasteiger partial charge in [-0.05, 0) is 13.8 Å². The van der Waals surface area contributed by atoms with Crippen LogP contribution in [0.2, 0.25) is 0 Å². The number of hydrogen-bond acceptors (Lipinski definition) is 3. The Bertz CT molecular complexity index is 257. The Morgan fingerprint density at radius 2 is 2.08 bits per heavy atom. The second kappa shape index (κ2) is 2.45. The van der Waals surface area contributed by atoms with Crippen molar-refractivity contribution in [3.63, 3.8) is 0 Å². The van der Waals surface area contributed by atoms with Gasteiger partial charge in [-0.1, -0.05) is 0 Å². The number of ether oxygens (including phenoxy) is 1. The fourth-order valence-corrected chi connectivity index (χ4v) is 2.10. The van der Waals surface area contributed by atoms with Gasteiger partial charge in [0, 0.05) is 0 Å². The molecule has 0 bridgehead atoms. The van der Waals surface area contributed by atoms with Crippen LogP contribution in [0, 0.1) is 0 Å². The molecule has 7 heteroatoms. The van der Waals surface area contributed by atoms with Gasteiger partial charge in [-0.15, -0.1) is 0 Å². The molecule has 12 heavy (non-hydrogen) atoms. The molecule has 1 rings (SSSR count). The van der Waals surface area contributed by atoms with Gasteiger partial charge in [-0.3, -0.25) is 0 Å². The Balaban J connectivity index is 3.02. The summed E-state index contributed by atoms with van der Waals surface area (Å²) in [6, 6.07) is 0. The molecule has 1 amide bonds. The third-order valence-corrected chi connectivity index (χ3v) is 2.78. The van der Waals surface area contributed by atoms with E-state index < -0.39 is 19.4 Å². The lowest BCUT2D eigenvalue weighted by molar-refractivity contribution is 0.165. The zero-order valence-electron chi connectivity index (χ0n) is 6.72. The van der Waals surface area contributed by atoms with Crippen LogP contribution in [0.3, 0.4) is 0 Å². The number of amides is 1. The molecule has 70 valence electrons. The molecule has 1 fully saturated rings. The maximum absolute atomic E-state index is 10.8. The Morgan fingerprint density at radius 3 is 2.25 bits per heavy atom. The molecule has 0 radical (unpaired) electrons. The van der Waals surface area contributed by atoms with E-state index in [0.29, 0.717) is 4.67 Å². The first-order valence-electron chi connectivity index (χ1n) is 3.28. The molecule has 0 aromatic heterocycles. The third-order valence-electron chi connectivity index (χ3n) is 1.56. The van der Waals surface area contributed by atoms with E-state index in [4.69, 9.17) is 9.79 Å². The number of nitrogens with zero attached hydrogens (tertiary/aromatic N) is 1. The first-order valence-corrected chi connectivity index (χ1v) is 4.85. The summed E-state index contributed by atoms with van der Waals surface area (Å²) < 4.78 is 15.7. The molecule has 0 saturated carbocycles. The molecular weight excluding hydrogens is 185 g/mol. The van der Waals surface area contributed by atoms with Crippen molar-refractivity contribution < 1.29 is 23.9 Å². The molecule has 1 aliphatic heterocycles. The minimum atomic E-state index is -4.53. The second-order valence-corrected chi connectivity index (χ2v) is 4.62. The van der Waals surface area contributed by atoms with Crippen LogP contribution in [-0.4, -0.2) is 32.7 Å². The van der Waals surface area contributed by atoms with Crippen LogP contribution in [0.25, 0.3) is 0 Å². The SMILES string of the molecule is CC1(C)COC(=O)N1P(=O)(O)O. The van der Waals surface area contributed by atoms with Gasteiger partial charge in [0.05, 0.1) is 5.54 Å². The average molecular weight is 195 g/mol. The van der Waals surface area contributed by atoms with Gasteiger partial charge >= 0.3 is 13.8 Å². The number of rotatable bonds is 1. The van der Waals surface area contributed by atoms with Crippen molar-refractivity contribution in [3.8, 4) is 0 Å². The van der Waals surface area contributed by atoms with Crippen molar-refractivity contribution in [2.45, 2.75) is 19.4 Å². The molecule has 6 nitrogen and oxygen atoms in total. The highest BCUT2D eigenvalue weighted by atomic mass is 31.2. The fourth-order valence-electron chi connectivity index (χ4n) is 1.07. The number of hydrogen-bond donors (Lipinski definition) is 2. The number of carbonyl (C=O) groups excluding carboxylic acids is 1. The lowest BCUT2D eigenvalue weighted by Gasteiger charge is -2.27. The van der Waals surface area contributed by atoms with Crippen LogP contribution in [-0.2, 0) is 9.30 Å². The summed E-state index contributed by atoms with van der Waals surface area (Å²) >= 11 is 0. The minimum absolute atomic E-state index is 0.00303. The molecule has 0 spiro atoms. The first-order chi connectivity index (χ1) is 5.25. The highest BCUT2D eigenvalue weighted by Gasteiger charge is 2.49. The summed E-state index contributed by atoms with van der Waals surface area (Å²) in [5.74, 6) is 0. The van der Waals surface area contributed by atoms with E-state index >= 15 is 0 Å². The Hall–Kier alpha value is -0.580. The summed E-state index contributed by atoms with van der Waals surface area (Å²) in [6.07, 6.45) is -0.965. The first kappa shape index (κ1) is 9.51. The Kier molecular flexibility index (Phi) is 1.94. The average Bonchev–Trinajstić information content (AvgIpc) is 2.03. The third kappa shape index (κ3) is 1.46. The largest absolute Gasteiger partial charge is 0.447 e. The molecule has 1 aliphatic rings. The van der Waals surface area contributed by atoms with E-state index in [1.165, 1.54) is 13.8 Å². The molecule has 0 unspecified atom stereocenters. The lowest BCUT2D eigenvalue weighted by atomic mass is 10.1. The van der Waals surface area contributed by atoms with Crippen LogP contribution in [0.4, 0.5) is 4.79 Å². The predicted molar refractivity (Wildman–Crippen MR) is 39.3 cm³/mol. The van der Waals surface area contributed by atoms with Crippen molar-refractivity contribution in [1.29, 1.82) is 0 Å². The minimum Gasteiger partial charge on any atom is -0.447 e. The summed E-state index contributed by atoms with van der Waals surface area (Å²) in [6.45, 7) is 3.05. The van der Waals surface area contributed by atoms with Crippen LogP contribution in [0.15, 0.2) is 0 Å². The Labute approximate surface area is 69.3 Å². The molecule has 1 heterocycles. The normalized spacial score (nSPS) is 22.7. The van der Waals surface area contributed by atoms with E-state index in [1.54, 1.807) is 0 Å². The zero-order chi connectivity index (χ0) is 9.57. The van der Waals surface area contributed by atoms with E-state index in [2.05, 4.69) is 4.74 Å². The van der Waals surface area contributed by atoms with E-state index in [9.17, 15) is 9.36 Å². The van der Waals surface area contributed by atoms with Crippen LogP contribution >= 0.6 is 7.75 Å². The van der Waals surface area contributed by atoms with Crippen LogP contribution < -0.4 is 0 Å². The molecule has 0 aromatic rings. The maximum atomic E-state index is 10.8. The summed E-state index contributed by atoms with van der Waals surface area (Å²) in [4.78, 5) is 28.4. The zero-order valence-corrected chi connectivity index (χ0v) is 7.62. The maximum Gasteiger partial charge on any atom is 0.435 e. The molecule has 0 atom stereocenters. The van der Waals surface area contributed by atoms with Gasteiger partial charge in [0.25, 0.3) is 0 Å². The van der Waals surface area contributed by atoms with Gasteiger partial charge in [0.2, 0.25) is 0 Å². The molecule has 1 saturated heterocycles. The lowest BCUT2D eigenvalue weighted by Crippen LogP contribution is -2.39. The van der Waals surface area contributed by atoms with Gasteiger partial charge in [0.15, 0.2) is 0 Å². The van der Waals surface area contributed by atoms with Crippen LogP contribution in [0.5, 0.6) is 0 Å². The standard InChI is InChI=1S/C5H10NO5P/c1-5(2)3-11-4(7)6(5)12(8,9)10/h3H2,1-2H3,(H2,8,9,10). The van der Waals surface area contributed by atoms with Crippen molar-refractivity contribution in [1.82, 2.24) is 4.67 Å². The van der Waals surface area contributed by atoms with Crippen LogP contribution in [0.1, 0.15) is 13.8 Å². The topological polar surface area (TPSA) is 87.1 Å². The fraction of sp³-hybridized carbons (Fsp3) is 0.800. The van der Waals surface area contributed by atoms with Crippen molar-refractivity contribution >= 4 is 13.8 Å². The highest BCUT2D eigenvalue weighted by Crippen LogP contribution is 2.48. The van der Waals surface area contributed by atoms with Crippen molar-refractivity contribution in [2.75, 3.05) is 6.61 Å². The summed E-state index contributed by atoms with van der Waals surface area (Å²) in [5, 5.41) is 0. The molecule has 2 N–H and O–H groups in total. The van der Waals surface area contributed by atoms with E-state index in [-0.39, 0.29) is 6.61 Å². The van der Waals surface area contributed by atoms with Crippen molar-refractivity contribution in [3.05, 3.63) is 0 Å². The monoisotopic (exact) mass is 195 g/mol. The molecule has 0 aromatic carbocycles. The number of carbonyl (C=O) groups is 1. The predicted octanol–water partition coefficient (Wildman–Crippen LogP) is 0.310. The quantitative estimate of drug-likeness (QED) is 0.588. The van der Waals surface area contributed by atoms with E-state index in [1.807, 2.05) is 0 Å². The second-order valence-electron chi connectivity index (χ2n) is 3.19. The molecule has 0 aliphatic carbocycles. The highest BCUT2D eigenvalue weighted by molar-refractivity contribution is 7.50. The van der Waals surface area contributed by atoms with Gasteiger partial charge < -0.3 is 14.5 Å². The van der Waals surface area contributed by atoms with E-state index in [0.717, 1.165) is 0 Å². The Morgan fingerprint density at radius 1 is 1.58 bits per heavy atom.